The van der Waals surface area contributed by atoms with Crippen molar-refractivity contribution in [2.75, 3.05) is 6.54 Å². The smallest absolute Gasteiger partial charge is 0.0454 e. The van der Waals surface area contributed by atoms with Gasteiger partial charge < -0.3 is 5.32 Å². The van der Waals surface area contributed by atoms with Crippen LogP contribution in [0, 0.1) is 0 Å². The van der Waals surface area contributed by atoms with Gasteiger partial charge in [-0.25, -0.2) is 0 Å². The highest BCUT2D eigenvalue weighted by Gasteiger charge is 2.15. The highest BCUT2D eigenvalue weighted by atomic mass is 15.1. The number of rotatable bonds is 6. The molecular weight excluding hydrogens is 332 g/mol. The van der Waals surface area contributed by atoms with E-state index in [2.05, 4.69) is 90.7 Å². The number of benzene rings is 3. The first kappa shape index (κ1) is 19.0. The summed E-state index contributed by atoms with van der Waals surface area (Å²) in [6.07, 6.45) is 0. The van der Waals surface area contributed by atoms with Crippen molar-refractivity contribution in [3.05, 3.63) is 93.9 Å². The number of fused-ring (bicyclic) bond motifs is 1. The van der Waals surface area contributed by atoms with Crippen molar-refractivity contribution in [2.24, 2.45) is 5.11 Å². The van der Waals surface area contributed by atoms with Gasteiger partial charge in [0.15, 0.2) is 0 Å². The lowest BCUT2D eigenvalue weighted by molar-refractivity contribution is 0.543. The molecule has 0 heterocycles. The summed E-state index contributed by atoms with van der Waals surface area (Å²) in [5.74, 6) is 0. The van der Waals surface area contributed by atoms with E-state index < -0.39 is 0 Å². The van der Waals surface area contributed by atoms with E-state index >= 15 is 0 Å². The number of azide groups is 1. The molecule has 4 heteroatoms. The Morgan fingerprint density at radius 2 is 1.67 bits per heavy atom. The molecule has 0 unspecified atom stereocenters. The van der Waals surface area contributed by atoms with Crippen LogP contribution in [0.5, 0.6) is 0 Å². The van der Waals surface area contributed by atoms with Crippen LogP contribution in [0.4, 0.5) is 0 Å². The fourth-order valence-electron chi connectivity index (χ4n) is 3.31. The minimum absolute atomic E-state index is 0.0331. The summed E-state index contributed by atoms with van der Waals surface area (Å²) in [7, 11) is 0. The zero-order chi connectivity index (χ0) is 19.3. The predicted molar refractivity (Wildman–Crippen MR) is 113 cm³/mol. The summed E-state index contributed by atoms with van der Waals surface area (Å²) in [6, 6.07) is 23.3. The molecule has 0 amide bonds. The molecule has 0 aliphatic heterocycles. The Labute approximate surface area is 160 Å². The van der Waals surface area contributed by atoms with Crippen LogP contribution in [0.3, 0.4) is 0 Å². The lowest BCUT2D eigenvalue weighted by atomic mass is 9.87. The number of hydrogen-bond donors (Lipinski definition) is 1. The molecular formula is C23H26N4. The minimum Gasteiger partial charge on any atom is -0.306 e. The molecule has 0 bridgehead atoms. The van der Waals surface area contributed by atoms with Gasteiger partial charge in [-0.15, -0.1) is 0 Å². The Bertz CT molecular complexity index is 943. The first-order valence-corrected chi connectivity index (χ1v) is 9.30. The second-order valence-corrected chi connectivity index (χ2v) is 7.86. The van der Waals surface area contributed by atoms with Crippen molar-refractivity contribution in [1.82, 2.24) is 5.32 Å². The van der Waals surface area contributed by atoms with Gasteiger partial charge in [-0.1, -0.05) is 92.6 Å². The van der Waals surface area contributed by atoms with Gasteiger partial charge in [0.05, 0.1) is 0 Å². The van der Waals surface area contributed by atoms with Crippen molar-refractivity contribution >= 4 is 10.8 Å². The highest BCUT2D eigenvalue weighted by molar-refractivity contribution is 5.86. The summed E-state index contributed by atoms with van der Waals surface area (Å²) in [6.45, 7) is 7.76. The summed E-state index contributed by atoms with van der Waals surface area (Å²) in [5, 5.41) is 9.79. The third kappa shape index (κ3) is 4.68. The molecule has 0 spiro atoms. The first-order chi connectivity index (χ1) is 13.0. The molecule has 0 saturated carbocycles. The van der Waals surface area contributed by atoms with Crippen LogP contribution in [0.2, 0.25) is 0 Å². The number of nitrogens with zero attached hydrogens (tertiary/aromatic N) is 3. The number of hydrogen-bond acceptors (Lipinski definition) is 2. The quantitative estimate of drug-likeness (QED) is 0.315. The fourth-order valence-corrected chi connectivity index (χ4v) is 3.31. The second-order valence-electron chi connectivity index (χ2n) is 7.86. The Morgan fingerprint density at radius 3 is 2.37 bits per heavy atom. The third-order valence-electron chi connectivity index (χ3n) is 4.90. The van der Waals surface area contributed by atoms with Gasteiger partial charge in [0.2, 0.25) is 0 Å². The van der Waals surface area contributed by atoms with Crippen LogP contribution < -0.4 is 5.32 Å². The van der Waals surface area contributed by atoms with Crippen molar-refractivity contribution in [1.29, 1.82) is 0 Å². The largest absolute Gasteiger partial charge is 0.306 e. The predicted octanol–water partition coefficient (Wildman–Crippen LogP) is 6.28. The van der Waals surface area contributed by atoms with E-state index in [-0.39, 0.29) is 11.5 Å². The van der Waals surface area contributed by atoms with Gasteiger partial charge >= 0.3 is 0 Å². The second kappa shape index (κ2) is 8.26. The van der Waals surface area contributed by atoms with Crippen molar-refractivity contribution in [2.45, 2.75) is 38.8 Å². The zero-order valence-corrected chi connectivity index (χ0v) is 16.2. The Hall–Kier alpha value is -2.81. The van der Waals surface area contributed by atoms with E-state index in [4.69, 9.17) is 5.53 Å². The molecule has 4 nitrogen and oxygen atoms in total. The molecule has 0 aliphatic rings. The van der Waals surface area contributed by atoms with Gasteiger partial charge in [-0.05, 0) is 38.4 Å². The molecule has 0 aromatic heterocycles. The van der Waals surface area contributed by atoms with Crippen LogP contribution in [-0.4, -0.2) is 6.54 Å². The zero-order valence-electron chi connectivity index (χ0n) is 16.2. The SMILES string of the molecule is CC(C)(C)c1ccc(CN[C@@H](CN=[N+]=[N-])c2cccc3ccccc23)cc1. The van der Waals surface area contributed by atoms with Crippen molar-refractivity contribution in [3.8, 4) is 0 Å². The van der Waals surface area contributed by atoms with Crippen LogP contribution in [0.15, 0.2) is 71.8 Å². The van der Waals surface area contributed by atoms with Crippen LogP contribution in [-0.2, 0) is 12.0 Å². The van der Waals surface area contributed by atoms with Crippen LogP contribution >= 0.6 is 0 Å². The van der Waals surface area contributed by atoms with Crippen LogP contribution in [0.1, 0.15) is 43.5 Å². The van der Waals surface area contributed by atoms with Crippen molar-refractivity contribution < 1.29 is 0 Å². The molecule has 0 aliphatic carbocycles. The van der Waals surface area contributed by atoms with E-state index in [0.717, 1.165) is 12.1 Å². The lowest BCUT2D eigenvalue weighted by Gasteiger charge is -2.21. The molecule has 0 saturated heterocycles. The topological polar surface area (TPSA) is 60.8 Å². The summed E-state index contributed by atoms with van der Waals surface area (Å²) in [4.78, 5) is 2.96. The van der Waals surface area contributed by atoms with Crippen LogP contribution in [0.25, 0.3) is 21.2 Å². The highest BCUT2D eigenvalue weighted by Crippen LogP contribution is 2.26. The van der Waals surface area contributed by atoms with E-state index in [1.807, 2.05) is 12.1 Å². The third-order valence-corrected chi connectivity index (χ3v) is 4.90. The van der Waals surface area contributed by atoms with E-state index in [1.54, 1.807) is 0 Å². The van der Waals surface area contributed by atoms with E-state index in [1.165, 1.54) is 21.9 Å². The molecule has 3 rings (SSSR count). The van der Waals surface area contributed by atoms with E-state index in [0.29, 0.717) is 6.54 Å². The maximum atomic E-state index is 8.80. The monoisotopic (exact) mass is 358 g/mol. The molecule has 0 fully saturated rings. The van der Waals surface area contributed by atoms with Crippen molar-refractivity contribution in [3.63, 3.8) is 0 Å². The molecule has 0 radical (unpaired) electrons. The average Bonchev–Trinajstić information content (AvgIpc) is 2.67. The molecule has 1 N–H and O–H groups in total. The Balaban J connectivity index is 1.82. The van der Waals surface area contributed by atoms with Gasteiger partial charge in [-0.3, -0.25) is 0 Å². The summed E-state index contributed by atoms with van der Waals surface area (Å²) >= 11 is 0. The summed E-state index contributed by atoms with van der Waals surface area (Å²) in [5.41, 5.74) is 12.7. The fraction of sp³-hybridized carbons (Fsp3) is 0.304. The summed E-state index contributed by atoms with van der Waals surface area (Å²) < 4.78 is 0. The van der Waals surface area contributed by atoms with Gasteiger partial charge in [-0.2, -0.15) is 0 Å². The maximum Gasteiger partial charge on any atom is 0.0454 e. The minimum atomic E-state index is -0.0331. The molecule has 27 heavy (non-hydrogen) atoms. The molecule has 3 aromatic carbocycles. The van der Waals surface area contributed by atoms with Gasteiger partial charge in [0, 0.05) is 24.0 Å². The Kier molecular flexibility index (Phi) is 5.80. The van der Waals surface area contributed by atoms with Gasteiger partial charge in [0.25, 0.3) is 0 Å². The normalized spacial score (nSPS) is 12.6. The average molecular weight is 358 g/mol. The number of nitrogens with one attached hydrogen (secondary N) is 1. The first-order valence-electron chi connectivity index (χ1n) is 9.30. The lowest BCUT2D eigenvalue weighted by Crippen LogP contribution is -2.23. The van der Waals surface area contributed by atoms with Gasteiger partial charge in [0.1, 0.15) is 0 Å². The molecule has 3 aromatic rings. The standard InChI is InChI=1S/C23H26N4/c1-23(2,3)19-13-11-17(12-14-19)15-25-22(16-26-27-24)21-10-6-8-18-7-4-5-9-20(18)21/h4-14,22,25H,15-16H2,1-3H3/t22-/m0/s1. The Morgan fingerprint density at radius 1 is 0.963 bits per heavy atom. The molecule has 138 valence electrons. The van der Waals surface area contributed by atoms with E-state index in [9.17, 15) is 0 Å². The molecule has 1 atom stereocenters. The maximum absolute atomic E-state index is 8.80.